The van der Waals surface area contributed by atoms with Crippen molar-refractivity contribution in [3.05, 3.63) is 23.9 Å². The number of anilines is 1. The van der Waals surface area contributed by atoms with Gasteiger partial charge in [-0.3, -0.25) is 4.79 Å². The molecule has 0 fully saturated rings. The SMILES string of the molecule is CC(C)CCOCCNC(=O)c1cccc(N)n1. The topological polar surface area (TPSA) is 77.2 Å². The molecular weight excluding hydrogens is 230 g/mol. The molecule has 1 aromatic rings. The Bertz CT molecular complexity index is 380. The normalized spacial score (nSPS) is 10.6. The van der Waals surface area contributed by atoms with E-state index in [1.165, 1.54) is 0 Å². The molecular formula is C13H21N3O2. The predicted octanol–water partition coefficient (Wildman–Crippen LogP) is 1.46. The molecule has 0 saturated heterocycles. The lowest BCUT2D eigenvalue weighted by Crippen LogP contribution is -2.28. The van der Waals surface area contributed by atoms with Gasteiger partial charge in [-0.2, -0.15) is 0 Å². The highest BCUT2D eigenvalue weighted by molar-refractivity contribution is 5.92. The van der Waals surface area contributed by atoms with Gasteiger partial charge in [-0.05, 0) is 24.5 Å². The summed E-state index contributed by atoms with van der Waals surface area (Å²) in [7, 11) is 0. The zero-order valence-electron chi connectivity index (χ0n) is 11.0. The first kappa shape index (κ1) is 14.4. The first-order valence-electron chi connectivity index (χ1n) is 6.18. The van der Waals surface area contributed by atoms with Gasteiger partial charge in [-0.25, -0.2) is 4.98 Å². The Morgan fingerprint density at radius 2 is 2.22 bits per heavy atom. The maximum Gasteiger partial charge on any atom is 0.270 e. The average molecular weight is 251 g/mol. The highest BCUT2D eigenvalue weighted by Gasteiger charge is 2.06. The summed E-state index contributed by atoms with van der Waals surface area (Å²) in [6.07, 6.45) is 1.03. The zero-order valence-corrected chi connectivity index (χ0v) is 11.0. The van der Waals surface area contributed by atoms with Gasteiger partial charge >= 0.3 is 0 Å². The molecule has 0 aliphatic heterocycles. The lowest BCUT2D eigenvalue weighted by atomic mass is 10.1. The van der Waals surface area contributed by atoms with E-state index in [1.807, 2.05) is 0 Å². The standard InChI is InChI=1S/C13H21N3O2/c1-10(2)6-8-18-9-7-15-13(17)11-4-3-5-12(14)16-11/h3-5,10H,6-9H2,1-2H3,(H2,14,16)(H,15,17). The molecule has 1 heterocycles. The van der Waals surface area contributed by atoms with Crippen LogP contribution in [0.4, 0.5) is 5.82 Å². The van der Waals surface area contributed by atoms with E-state index in [9.17, 15) is 4.79 Å². The molecule has 5 nitrogen and oxygen atoms in total. The number of carbonyl (C=O) groups is 1. The molecule has 0 atom stereocenters. The molecule has 5 heteroatoms. The summed E-state index contributed by atoms with van der Waals surface area (Å²) in [6, 6.07) is 4.98. The van der Waals surface area contributed by atoms with E-state index in [0.29, 0.717) is 30.6 Å². The monoisotopic (exact) mass is 251 g/mol. The fourth-order valence-corrected chi connectivity index (χ4v) is 1.33. The summed E-state index contributed by atoms with van der Waals surface area (Å²) in [5, 5.41) is 2.73. The molecule has 100 valence electrons. The van der Waals surface area contributed by atoms with Crippen LogP contribution in [0.1, 0.15) is 30.8 Å². The van der Waals surface area contributed by atoms with Crippen molar-refractivity contribution in [2.24, 2.45) is 5.92 Å². The van der Waals surface area contributed by atoms with Crippen LogP contribution in [0.3, 0.4) is 0 Å². The number of hydrogen-bond acceptors (Lipinski definition) is 4. The number of nitrogens with zero attached hydrogens (tertiary/aromatic N) is 1. The van der Waals surface area contributed by atoms with Crippen molar-refractivity contribution < 1.29 is 9.53 Å². The van der Waals surface area contributed by atoms with Crippen molar-refractivity contribution in [3.63, 3.8) is 0 Å². The van der Waals surface area contributed by atoms with Crippen molar-refractivity contribution in [1.82, 2.24) is 10.3 Å². The van der Waals surface area contributed by atoms with E-state index >= 15 is 0 Å². The quantitative estimate of drug-likeness (QED) is 0.719. The fourth-order valence-electron chi connectivity index (χ4n) is 1.33. The molecule has 1 aromatic heterocycles. The molecule has 0 bridgehead atoms. The Kier molecular flexibility index (Phi) is 6.14. The van der Waals surface area contributed by atoms with Crippen LogP contribution in [0.5, 0.6) is 0 Å². The van der Waals surface area contributed by atoms with Crippen molar-refractivity contribution in [3.8, 4) is 0 Å². The van der Waals surface area contributed by atoms with Crippen LogP contribution in [0.15, 0.2) is 18.2 Å². The van der Waals surface area contributed by atoms with Gasteiger partial charge < -0.3 is 15.8 Å². The number of amides is 1. The van der Waals surface area contributed by atoms with Crippen LogP contribution < -0.4 is 11.1 Å². The second-order valence-corrected chi connectivity index (χ2v) is 4.50. The largest absolute Gasteiger partial charge is 0.384 e. The molecule has 0 aliphatic rings. The first-order valence-corrected chi connectivity index (χ1v) is 6.18. The number of pyridine rings is 1. The summed E-state index contributed by atoms with van der Waals surface area (Å²) < 4.78 is 5.39. The Hall–Kier alpha value is -1.62. The summed E-state index contributed by atoms with van der Waals surface area (Å²) in [6.45, 7) is 6.02. The van der Waals surface area contributed by atoms with Crippen molar-refractivity contribution in [1.29, 1.82) is 0 Å². The third-order valence-corrected chi connectivity index (χ3v) is 2.37. The Morgan fingerprint density at radius 1 is 1.44 bits per heavy atom. The van der Waals surface area contributed by atoms with Crippen LogP contribution in [-0.4, -0.2) is 30.6 Å². The van der Waals surface area contributed by atoms with E-state index in [1.54, 1.807) is 18.2 Å². The van der Waals surface area contributed by atoms with Crippen molar-refractivity contribution in [2.45, 2.75) is 20.3 Å². The molecule has 0 spiro atoms. The lowest BCUT2D eigenvalue weighted by Gasteiger charge is -2.07. The lowest BCUT2D eigenvalue weighted by molar-refractivity contribution is 0.0901. The minimum atomic E-state index is -0.227. The molecule has 0 aromatic carbocycles. The van der Waals surface area contributed by atoms with Gasteiger partial charge in [0.1, 0.15) is 11.5 Å². The maximum absolute atomic E-state index is 11.7. The molecule has 0 aliphatic carbocycles. The number of carbonyl (C=O) groups excluding carboxylic acids is 1. The number of nitrogens with two attached hydrogens (primary N) is 1. The number of aromatic nitrogens is 1. The van der Waals surface area contributed by atoms with Gasteiger partial charge in [0.2, 0.25) is 0 Å². The number of nitrogens with one attached hydrogen (secondary N) is 1. The van der Waals surface area contributed by atoms with Crippen molar-refractivity contribution >= 4 is 11.7 Å². The molecule has 1 rings (SSSR count). The van der Waals surface area contributed by atoms with Crippen LogP contribution in [0.25, 0.3) is 0 Å². The highest BCUT2D eigenvalue weighted by Crippen LogP contribution is 2.00. The van der Waals surface area contributed by atoms with Crippen molar-refractivity contribution in [2.75, 3.05) is 25.5 Å². The van der Waals surface area contributed by atoms with E-state index in [0.717, 1.165) is 13.0 Å². The van der Waals surface area contributed by atoms with E-state index < -0.39 is 0 Å². The molecule has 3 N–H and O–H groups in total. The molecule has 0 unspecified atom stereocenters. The number of ether oxygens (including phenoxy) is 1. The Morgan fingerprint density at radius 3 is 2.89 bits per heavy atom. The van der Waals surface area contributed by atoms with E-state index in [2.05, 4.69) is 24.1 Å². The molecule has 0 radical (unpaired) electrons. The second-order valence-electron chi connectivity index (χ2n) is 4.50. The predicted molar refractivity (Wildman–Crippen MR) is 71.3 cm³/mol. The zero-order chi connectivity index (χ0) is 13.4. The second kappa shape index (κ2) is 7.66. The summed E-state index contributed by atoms with van der Waals surface area (Å²) in [4.78, 5) is 15.6. The minimum Gasteiger partial charge on any atom is -0.384 e. The molecule has 0 saturated carbocycles. The van der Waals surface area contributed by atoms with E-state index in [4.69, 9.17) is 10.5 Å². The van der Waals surface area contributed by atoms with Gasteiger partial charge in [-0.15, -0.1) is 0 Å². The average Bonchev–Trinajstić information content (AvgIpc) is 2.33. The molecule has 1 amide bonds. The van der Waals surface area contributed by atoms with Gasteiger partial charge in [0.05, 0.1) is 6.61 Å². The smallest absolute Gasteiger partial charge is 0.270 e. The highest BCUT2D eigenvalue weighted by atomic mass is 16.5. The number of rotatable bonds is 7. The van der Waals surface area contributed by atoms with Gasteiger partial charge in [0.25, 0.3) is 5.91 Å². The molecule has 18 heavy (non-hydrogen) atoms. The minimum absolute atomic E-state index is 0.227. The van der Waals surface area contributed by atoms with Crippen LogP contribution in [-0.2, 0) is 4.74 Å². The van der Waals surface area contributed by atoms with Crippen LogP contribution >= 0.6 is 0 Å². The maximum atomic E-state index is 11.7. The van der Waals surface area contributed by atoms with Crippen LogP contribution in [0.2, 0.25) is 0 Å². The summed E-state index contributed by atoms with van der Waals surface area (Å²) in [5.74, 6) is 0.752. The van der Waals surface area contributed by atoms with Gasteiger partial charge in [0, 0.05) is 13.2 Å². The van der Waals surface area contributed by atoms with Gasteiger partial charge in [0.15, 0.2) is 0 Å². The summed E-state index contributed by atoms with van der Waals surface area (Å²) in [5.41, 5.74) is 5.83. The fraction of sp³-hybridized carbons (Fsp3) is 0.538. The first-order chi connectivity index (χ1) is 8.59. The third-order valence-electron chi connectivity index (χ3n) is 2.37. The Balaban J connectivity index is 2.18. The van der Waals surface area contributed by atoms with Crippen LogP contribution in [0, 0.1) is 5.92 Å². The Labute approximate surface area is 108 Å². The summed E-state index contributed by atoms with van der Waals surface area (Å²) >= 11 is 0. The van der Waals surface area contributed by atoms with E-state index in [-0.39, 0.29) is 5.91 Å². The number of nitrogen functional groups attached to an aromatic ring is 1. The van der Waals surface area contributed by atoms with Gasteiger partial charge in [-0.1, -0.05) is 19.9 Å². The third kappa shape index (κ3) is 5.63. The number of hydrogen-bond donors (Lipinski definition) is 2.